The molecule has 1 heterocycles. The van der Waals surface area contributed by atoms with Crippen molar-refractivity contribution < 1.29 is 9.18 Å². The third-order valence-corrected chi connectivity index (χ3v) is 4.12. The molecule has 1 aromatic rings. The van der Waals surface area contributed by atoms with E-state index >= 15 is 0 Å². The molecule has 1 amide bonds. The Balaban J connectivity index is 1.50. The van der Waals surface area contributed by atoms with Gasteiger partial charge in [-0.25, -0.2) is 4.39 Å². The molecule has 108 valence electrons. The maximum atomic E-state index is 12.9. The predicted molar refractivity (Wildman–Crippen MR) is 75.8 cm³/mol. The van der Waals surface area contributed by atoms with E-state index in [1.807, 2.05) is 17.0 Å². The van der Waals surface area contributed by atoms with Crippen molar-refractivity contribution >= 4 is 5.91 Å². The number of likely N-dealkylation sites (tertiary alicyclic amines) is 1. The zero-order valence-electron chi connectivity index (χ0n) is 11.8. The van der Waals surface area contributed by atoms with Crippen LogP contribution in [0.15, 0.2) is 24.3 Å². The van der Waals surface area contributed by atoms with Gasteiger partial charge in [-0.1, -0.05) is 12.1 Å². The topological polar surface area (TPSA) is 32.3 Å². The second-order valence-electron chi connectivity index (χ2n) is 6.08. The lowest BCUT2D eigenvalue weighted by Gasteiger charge is -2.20. The summed E-state index contributed by atoms with van der Waals surface area (Å²) in [4.78, 5) is 13.9. The minimum absolute atomic E-state index is 0.198. The highest BCUT2D eigenvalue weighted by Crippen LogP contribution is 2.30. The van der Waals surface area contributed by atoms with Gasteiger partial charge in [0.1, 0.15) is 5.82 Å². The maximum Gasteiger partial charge on any atom is 0.224 e. The summed E-state index contributed by atoms with van der Waals surface area (Å²) in [6, 6.07) is 7.71. The SMILES string of the molecule is CC(Cc1ccc(F)cc1)NC1CC(=O)N(C2CC2)C1. The molecule has 1 aliphatic carbocycles. The molecule has 1 saturated carbocycles. The van der Waals surface area contributed by atoms with E-state index in [9.17, 15) is 9.18 Å². The Morgan fingerprint density at radius 2 is 2.05 bits per heavy atom. The predicted octanol–water partition coefficient (Wildman–Crippen LogP) is 2.11. The molecule has 1 aliphatic heterocycles. The summed E-state index contributed by atoms with van der Waals surface area (Å²) >= 11 is 0. The molecule has 4 heteroatoms. The van der Waals surface area contributed by atoms with Gasteiger partial charge in [-0.15, -0.1) is 0 Å². The molecule has 2 atom stereocenters. The fraction of sp³-hybridized carbons (Fsp3) is 0.562. The summed E-state index contributed by atoms with van der Waals surface area (Å²) in [5.41, 5.74) is 1.12. The lowest BCUT2D eigenvalue weighted by Crippen LogP contribution is -2.40. The van der Waals surface area contributed by atoms with Crippen molar-refractivity contribution in [2.75, 3.05) is 6.54 Å². The fourth-order valence-corrected chi connectivity index (χ4v) is 3.02. The van der Waals surface area contributed by atoms with Crippen LogP contribution in [0.4, 0.5) is 4.39 Å². The summed E-state index contributed by atoms with van der Waals surface area (Å²) in [6.45, 7) is 2.96. The average Bonchev–Trinajstić information content (AvgIpc) is 3.17. The summed E-state index contributed by atoms with van der Waals surface area (Å²) in [7, 11) is 0. The highest BCUT2D eigenvalue weighted by molar-refractivity contribution is 5.80. The Morgan fingerprint density at radius 1 is 1.35 bits per heavy atom. The van der Waals surface area contributed by atoms with Crippen LogP contribution in [0.25, 0.3) is 0 Å². The zero-order chi connectivity index (χ0) is 14.1. The van der Waals surface area contributed by atoms with E-state index in [0.29, 0.717) is 18.4 Å². The number of nitrogens with one attached hydrogen (secondary N) is 1. The summed E-state index contributed by atoms with van der Waals surface area (Å²) in [5.74, 6) is 0.0924. The second kappa shape index (κ2) is 5.52. The first-order valence-electron chi connectivity index (χ1n) is 7.42. The van der Waals surface area contributed by atoms with Crippen LogP contribution in [-0.2, 0) is 11.2 Å². The number of carbonyl (C=O) groups is 1. The number of hydrogen-bond acceptors (Lipinski definition) is 2. The van der Waals surface area contributed by atoms with Gasteiger partial charge in [-0.2, -0.15) is 0 Å². The third-order valence-electron chi connectivity index (χ3n) is 4.12. The number of carbonyl (C=O) groups excluding carboxylic acids is 1. The first-order valence-corrected chi connectivity index (χ1v) is 7.42. The highest BCUT2D eigenvalue weighted by atomic mass is 19.1. The minimum Gasteiger partial charge on any atom is -0.338 e. The van der Waals surface area contributed by atoms with Gasteiger partial charge >= 0.3 is 0 Å². The van der Waals surface area contributed by atoms with Gasteiger partial charge in [-0.3, -0.25) is 4.79 Å². The van der Waals surface area contributed by atoms with Crippen LogP contribution in [-0.4, -0.2) is 35.5 Å². The molecule has 1 saturated heterocycles. The third kappa shape index (κ3) is 3.18. The first kappa shape index (κ1) is 13.6. The van der Waals surface area contributed by atoms with E-state index < -0.39 is 0 Å². The summed E-state index contributed by atoms with van der Waals surface area (Å²) < 4.78 is 12.9. The van der Waals surface area contributed by atoms with E-state index in [-0.39, 0.29) is 17.9 Å². The average molecular weight is 276 g/mol. The van der Waals surface area contributed by atoms with Crippen molar-refractivity contribution in [3.63, 3.8) is 0 Å². The van der Waals surface area contributed by atoms with Crippen molar-refractivity contribution in [3.8, 4) is 0 Å². The molecular weight excluding hydrogens is 255 g/mol. The van der Waals surface area contributed by atoms with E-state index in [0.717, 1.165) is 18.5 Å². The molecule has 3 nitrogen and oxygen atoms in total. The molecule has 2 aliphatic rings. The monoisotopic (exact) mass is 276 g/mol. The number of rotatable bonds is 5. The van der Waals surface area contributed by atoms with E-state index in [4.69, 9.17) is 0 Å². The molecular formula is C16H21FN2O. The van der Waals surface area contributed by atoms with Gasteiger partial charge in [0.05, 0.1) is 0 Å². The summed E-state index contributed by atoms with van der Waals surface area (Å²) in [6.07, 6.45) is 3.81. The number of hydrogen-bond donors (Lipinski definition) is 1. The van der Waals surface area contributed by atoms with Crippen molar-refractivity contribution in [2.24, 2.45) is 0 Å². The standard InChI is InChI=1S/C16H21FN2O/c1-11(8-12-2-4-13(17)5-3-12)18-14-9-16(20)19(10-14)15-6-7-15/h2-5,11,14-15,18H,6-10H2,1H3. The van der Waals surface area contributed by atoms with Gasteiger partial charge in [-0.05, 0) is 43.9 Å². The van der Waals surface area contributed by atoms with Crippen molar-refractivity contribution in [3.05, 3.63) is 35.6 Å². The van der Waals surface area contributed by atoms with Gasteiger partial charge < -0.3 is 10.2 Å². The van der Waals surface area contributed by atoms with E-state index in [1.54, 1.807) is 0 Å². The van der Waals surface area contributed by atoms with Crippen LogP contribution >= 0.6 is 0 Å². The zero-order valence-corrected chi connectivity index (χ0v) is 11.8. The smallest absolute Gasteiger partial charge is 0.224 e. The molecule has 0 spiro atoms. The van der Waals surface area contributed by atoms with Crippen LogP contribution in [0, 0.1) is 5.82 Å². The van der Waals surface area contributed by atoms with E-state index in [2.05, 4.69) is 12.2 Å². The Hall–Kier alpha value is -1.42. The van der Waals surface area contributed by atoms with Gasteiger partial charge in [0, 0.05) is 31.1 Å². The quantitative estimate of drug-likeness (QED) is 0.893. The largest absolute Gasteiger partial charge is 0.338 e. The molecule has 1 N–H and O–H groups in total. The number of nitrogens with zero attached hydrogens (tertiary/aromatic N) is 1. The molecule has 0 bridgehead atoms. The maximum absolute atomic E-state index is 12.9. The highest BCUT2D eigenvalue weighted by Gasteiger charge is 2.39. The van der Waals surface area contributed by atoms with Gasteiger partial charge in [0.2, 0.25) is 5.91 Å². The lowest BCUT2D eigenvalue weighted by atomic mass is 10.1. The number of amides is 1. The van der Waals surface area contributed by atoms with Crippen LogP contribution in [0.2, 0.25) is 0 Å². The first-order chi connectivity index (χ1) is 9.61. The Morgan fingerprint density at radius 3 is 2.70 bits per heavy atom. The normalized spacial score (nSPS) is 24.2. The Labute approximate surface area is 119 Å². The second-order valence-corrected chi connectivity index (χ2v) is 6.08. The molecule has 2 unspecified atom stereocenters. The number of benzene rings is 1. The Kier molecular flexibility index (Phi) is 3.74. The molecule has 3 rings (SSSR count). The Bertz CT molecular complexity index is 484. The van der Waals surface area contributed by atoms with Crippen molar-refractivity contribution in [1.29, 1.82) is 0 Å². The van der Waals surface area contributed by atoms with Crippen molar-refractivity contribution in [2.45, 2.75) is 50.7 Å². The molecule has 1 aromatic carbocycles. The lowest BCUT2D eigenvalue weighted by molar-refractivity contribution is -0.128. The van der Waals surface area contributed by atoms with Crippen LogP contribution < -0.4 is 5.32 Å². The molecule has 0 radical (unpaired) electrons. The molecule has 2 fully saturated rings. The molecule has 20 heavy (non-hydrogen) atoms. The fourth-order valence-electron chi connectivity index (χ4n) is 3.02. The van der Waals surface area contributed by atoms with Crippen molar-refractivity contribution in [1.82, 2.24) is 10.2 Å². The summed E-state index contributed by atoms with van der Waals surface area (Å²) in [5, 5.41) is 3.53. The van der Waals surface area contributed by atoms with Crippen LogP contribution in [0.1, 0.15) is 31.7 Å². The minimum atomic E-state index is -0.198. The van der Waals surface area contributed by atoms with Crippen LogP contribution in [0.5, 0.6) is 0 Å². The van der Waals surface area contributed by atoms with Gasteiger partial charge in [0.25, 0.3) is 0 Å². The van der Waals surface area contributed by atoms with E-state index in [1.165, 1.54) is 25.0 Å². The van der Waals surface area contributed by atoms with Crippen LogP contribution in [0.3, 0.4) is 0 Å². The molecule has 0 aromatic heterocycles. The number of halogens is 1. The van der Waals surface area contributed by atoms with Gasteiger partial charge in [0.15, 0.2) is 0 Å².